The monoisotopic (exact) mass is 377 g/mol. The van der Waals surface area contributed by atoms with Crippen LogP contribution in [0.2, 0.25) is 0 Å². The van der Waals surface area contributed by atoms with Gasteiger partial charge in [0.2, 0.25) is 0 Å². The van der Waals surface area contributed by atoms with E-state index < -0.39 is 0 Å². The zero-order chi connectivity index (χ0) is 19.3. The van der Waals surface area contributed by atoms with Crippen molar-refractivity contribution in [3.8, 4) is 0 Å². The topological polar surface area (TPSA) is 87.0 Å². The van der Waals surface area contributed by atoms with Crippen molar-refractivity contribution in [1.29, 1.82) is 0 Å². The van der Waals surface area contributed by atoms with E-state index in [1.807, 2.05) is 6.20 Å². The standard InChI is InChI=1S/C21H27N7/c1-14-7-8-15-5-3-4-6-16(15)28(14)20-18-19(25-26-20)24-17(13-23-18)27-11-9-21(2,22)10-12-27/h3-6,13-14H,7-12,22H2,1-2H3,(H,24,25,26)/t14-/m1/s1. The molecule has 5 rings (SSSR count). The predicted octanol–water partition coefficient (Wildman–Crippen LogP) is 3.14. The summed E-state index contributed by atoms with van der Waals surface area (Å²) in [7, 11) is 0. The highest BCUT2D eigenvalue weighted by atomic mass is 15.3. The predicted molar refractivity (Wildman–Crippen MR) is 112 cm³/mol. The molecule has 7 heteroatoms. The van der Waals surface area contributed by atoms with Crippen LogP contribution in [0.1, 0.15) is 38.7 Å². The smallest absolute Gasteiger partial charge is 0.183 e. The van der Waals surface area contributed by atoms with Crippen molar-refractivity contribution in [2.45, 2.75) is 51.1 Å². The first-order valence-electron chi connectivity index (χ1n) is 10.1. The Morgan fingerprint density at radius 2 is 2.00 bits per heavy atom. The highest BCUT2D eigenvalue weighted by molar-refractivity contribution is 5.88. The molecule has 1 atom stereocenters. The minimum Gasteiger partial charge on any atom is -0.355 e. The molecule has 4 heterocycles. The Labute approximate surface area is 165 Å². The maximum atomic E-state index is 6.26. The van der Waals surface area contributed by atoms with Gasteiger partial charge in [-0.05, 0) is 51.2 Å². The number of nitrogens with two attached hydrogens (primary N) is 1. The van der Waals surface area contributed by atoms with Crippen LogP contribution in [0.25, 0.3) is 11.2 Å². The zero-order valence-electron chi connectivity index (χ0n) is 16.5. The van der Waals surface area contributed by atoms with Crippen LogP contribution in [0.5, 0.6) is 0 Å². The average molecular weight is 377 g/mol. The Hall–Kier alpha value is -2.67. The quantitative estimate of drug-likeness (QED) is 0.713. The van der Waals surface area contributed by atoms with E-state index in [2.05, 4.69) is 58.1 Å². The summed E-state index contributed by atoms with van der Waals surface area (Å²) in [6, 6.07) is 8.93. The normalized spacial score (nSPS) is 21.8. The lowest BCUT2D eigenvalue weighted by Crippen LogP contribution is -2.48. The summed E-state index contributed by atoms with van der Waals surface area (Å²) >= 11 is 0. The Kier molecular flexibility index (Phi) is 4.01. The van der Waals surface area contributed by atoms with Gasteiger partial charge in [-0.1, -0.05) is 18.2 Å². The molecule has 0 saturated carbocycles. The molecule has 1 aromatic carbocycles. The van der Waals surface area contributed by atoms with E-state index in [0.717, 1.165) is 61.6 Å². The van der Waals surface area contributed by atoms with Crippen molar-refractivity contribution >= 4 is 28.5 Å². The van der Waals surface area contributed by atoms with Gasteiger partial charge in [-0.3, -0.25) is 5.10 Å². The number of hydrogen-bond donors (Lipinski definition) is 2. The minimum atomic E-state index is -0.0764. The Balaban J connectivity index is 1.50. The number of para-hydroxylation sites is 1. The van der Waals surface area contributed by atoms with Crippen LogP contribution >= 0.6 is 0 Å². The third-order valence-corrected chi connectivity index (χ3v) is 6.22. The summed E-state index contributed by atoms with van der Waals surface area (Å²) in [4.78, 5) is 14.1. The van der Waals surface area contributed by atoms with Crippen molar-refractivity contribution in [3.63, 3.8) is 0 Å². The number of hydrogen-bond acceptors (Lipinski definition) is 6. The molecule has 2 aromatic heterocycles. The first kappa shape index (κ1) is 17.4. The largest absolute Gasteiger partial charge is 0.355 e. The number of fused-ring (bicyclic) bond motifs is 2. The summed E-state index contributed by atoms with van der Waals surface area (Å²) in [5.41, 5.74) is 10.3. The Morgan fingerprint density at radius 3 is 2.82 bits per heavy atom. The van der Waals surface area contributed by atoms with Crippen LogP contribution in [0, 0.1) is 0 Å². The number of H-pyrrole nitrogens is 1. The second-order valence-electron chi connectivity index (χ2n) is 8.50. The highest BCUT2D eigenvalue weighted by Gasteiger charge is 2.29. The molecule has 0 radical (unpaired) electrons. The van der Waals surface area contributed by atoms with Gasteiger partial charge in [0, 0.05) is 30.4 Å². The van der Waals surface area contributed by atoms with Gasteiger partial charge in [-0.15, -0.1) is 0 Å². The van der Waals surface area contributed by atoms with Gasteiger partial charge in [0.1, 0.15) is 5.82 Å². The number of aromatic nitrogens is 4. The minimum absolute atomic E-state index is 0.0764. The van der Waals surface area contributed by atoms with E-state index >= 15 is 0 Å². The molecular weight excluding hydrogens is 350 g/mol. The molecule has 0 amide bonds. The zero-order valence-corrected chi connectivity index (χ0v) is 16.5. The van der Waals surface area contributed by atoms with E-state index in [1.54, 1.807) is 0 Å². The number of nitrogens with zero attached hydrogens (tertiary/aromatic N) is 5. The van der Waals surface area contributed by atoms with E-state index in [9.17, 15) is 0 Å². The van der Waals surface area contributed by atoms with Gasteiger partial charge in [0.25, 0.3) is 0 Å². The van der Waals surface area contributed by atoms with Crippen LogP contribution in [0.15, 0.2) is 30.5 Å². The van der Waals surface area contributed by atoms with E-state index in [-0.39, 0.29) is 5.54 Å². The van der Waals surface area contributed by atoms with Crippen LogP contribution in [0.4, 0.5) is 17.3 Å². The molecule has 2 aliphatic rings. The lowest BCUT2D eigenvalue weighted by atomic mass is 9.91. The van der Waals surface area contributed by atoms with Gasteiger partial charge >= 0.3 is 0 Å². The van der Waals surface area contributed by atoms with Gasteiger partial charge in [0.05, 0.1) is 6.20 Å². The van der Waals surface area contributed by atoms with Crippen molar-refractivity contribution in [1.82, 2.24) is 20.2 Å². The first-order chi connectivity index (χ1) is 13.5. The van der Waals surface area contributed by atoms with E-state index in [1.165, 1.54) is 11.3 Å². The van der Waals surface area contributed by atoms with Crippen LogP contribution in [0.3, 0.4) is 0 Å². The summed E-state index contributed by atoms with van der Waals surface area (Å²) in [5.74, 6) is 1.76. The summed E-state index contributed by atoms with van der Waals surface area (Å²) < 4.78 is 0. The maximum Gasteiger partial charge on any atom is 0.183 e. The number of aryl methyl sites for hydroxylation is 1. The molecule has 146 valence electrons. The molecule has 1 fully saturated rings. The fraction of sp³-hybridized carbons (Fsp3) is 0.476. The van der Waals surface area contributed by atoms with Crippen molar-refractivity contribution in [2.24, 2.45) is 5.73 Å². The third kappa shape index (κ3) is 2.90. The fourth-order valence-electron chi connectivity index (χ4n) is 4.36. The Bertz CT molecular complexity index is 999. The molecule has 28 heavy (non-hydrogen) atoms. The average Bonchev–Trinajstić information content (AvgIpc) is 3.11. The molecule has 0 spiro atoms. The molecule has 1 saturated heterocycles. The van der Waals surface area contributed by atoms with E-state index in [0.29, 0.717) is 6.04 Å². The summed E-state index contributed by atoms with van der Waals surface area (Å²) in [5, 5.41) is 7.73. The molecule has 0 bridgehead atoms. The molecule has 7 nitrogen and oxygen atoms in total. The summed E-state index contributed by atoms with van der Waals surface area (Å²) in [6.45, 7) is 6.18. The molecular formula is C21H27N7. The summed E-state index contributed by atoms with van der Waals surface area (Å²) in [6.07, 6.45) is 6.00. The molecule has 3 aromatic rings. The van der Waals surface area contributed by atoms with Crippen molar-refractivity contribution in [3.05, 3.63) is 36.0 Å². The van der Waals surface area contributed by atoms with Crippen LogP contribution in [-0.4, -0.2) is 44.8 Å². The maximum absolute atomic E-state index is 6.26. The molecule has 0 unspecified atom stereocenters. The molecule has 3 N–H and O–H groups in total. The van der Waals surface area contributed by atoms with Crippen molar-refractivity contribution < 1.29 is 0 Å². The lowest BCUT2D eigenvalue weighted by molar-refractivity contribution is 0.363. The van der Waals surface area contributed by atoms with Gasteiger partial charge in [-0.2, -0.15) is 5.10 Å². The number of aromatic amines is 1. The Morgan fingerprint density at radius 1 is 1.21 bits per heavy atom. The fourth-order valence-corrected chi connectivity index (χ4v) is 4.36. The SMILES string of the molecule is C[C@@H]1CCc2ccccc2N1c1n[nH]c2nc(N3CCC(C)(N)CC3)cnc12. The number of piperidine rings is 1. The molecule has 0 aliphatic carbocycles. The second kappa shape index (κ2) is 6.44. The number of anilines is 3. The van der Waals surface area contributed by atoms with E-state index in [4.69, 9.17) is 15.7 Å². The van der Waals surface area contributed by atoms with Gasteiger partial charge in [0.15, 0.2) is 17.0 Å². The first-order valence-corrected chi connectivity index (χ1v) is 10.1. The lowest BCUT2D eigenvalue weighted by Gasteiger charge is -2.37. The van der Waals surface area contributed by atoms with Crippen LogP contribution < -0.4 is 15.5 Å². The van der Waals surface area contributed by atoms with Crippen molar-refractivity contribution in [2.75, 3.05) is 22.9 Å². The number of benzene rings is 1. The highest BCUT2D eigenvalue weighted by Crippen LogP contribution is 2.38. The second-order valence-corrected chi connectivity index (χ2v) is 8.50. The molecule has 2 aliphatic heterocycles. The van der Waals surface area contributed by atoms with Gasteiger partial charge < -0.3 is 15.5 Å². The third-order valence-electron chi connectivity index (χ3n) is 6.22. The number of nitrogens with one attached hydrogen (secondary N) is 1. The number of rotatable bonds is 2. The van der Waals surface area contributed by atoms with Gasteiger partial charge in [-0.25, -0.2) is 9.97 Å². The van der Waals surface area contributed by atoms with Crippen LogP contribution in [-0.2, 0) is 6.42 Å².